The number of carbonyl (C=O) groups excluding carboxylic acids is 1. The molecular weight excluding hydrogens is 304 g/mol. The molecule has 0 unspecified atom stereocenters. The fourth-order valence-electron chi connectivity index (χ4n) is 2.62. The lowest BCUT2D eigenvalue weighted by molar-refractivity contribution is -0.122. The van der Waals surface area contributed by atoms with Gasteiger partial charge in [0.25, 0.3) is 0 Å². The van der Waals surface area contributed by atoms with Crippen LogP contribution in [0.3, 0.4) is 0 Å². The summed E-state index contributed by atoms with van der Waals surface area (Å²) < 4.78 is 5.52. The summed E-state index contributed by atoms with van der Waals surface area (Å²) in [6.07, 6.45) is 2.08. The van der Waals surface area contributed by atoms with Gasteiger partial charge in [0.05, 0.1) is 13.1 Å². The van der Waals surface area contributed by atoms with Gasteiger partial charge in [-0.15, -0.1) is 0 Å². The molecule has 0 spiro atoms. The van der Waals surface area contributed by atoms with Gasteiger partial charge in [-0.3, -0.25) is 9.69 Å². The average Bonchev–Trinajstić information content (AvgIpc) is 2.52. The fourth-order valence-corrected chi connectivity index (χ4v) is 2.80. The van der Waals surface area contributed by atoms with Crippen LogP contribution in [-0.4, -0.2) is 55.3 Å². The Balaban J connectivity index is 1.61. The summed E-state index contributed by atoms with van der Waals surface area (Å²) in [6, 6.07) is 7.18. The Hall–Kier alpha value is -1.30. The van der Waals surface area contributed by atoms with E-state index < -0.39 is 0 Å². The number of nitrogens with one attached hydrogen (secondary N) is 1. The number of amides is 1. The van der Waals surface area contributed by atoms with Gasteiger partial charge in [0.2, 0.25) is 5.91 Å². The van der Waals surface area contributed by atoms with Gasteiger partial charge >= 0.3 is 0 Å². The normalized spacial score (nSPS) is 18.9. The highest BCUT2D eigenvalue weighted by atomic mass is 35.5. The summed E-state index contributed by atoms with van der Waals surface area (Å²) in [5.74, 6) is 0.990. The summed E-state index contributed by atoms with van der Waals surface area (Å²) in [6.45, 7) is 3.17. The lowest BCUT2D eigenvalue weighted by Crippen LogP contribution is -2.43. The molecule has 1 amide bonds. The molecule has 0 aliphatic carbocycles. The molecule has 0 bridgehead atoms. The minimum absolute atomic E-state index is 0.00622. The van der Waals surface area contributed by atoms with Gasteiger partial charge in [-0.2, -0.15) is 0 Å². The predicted molar refractivity (Wildman–Crippen MR) is 86.2 cm³/mol. The number of hydrogen-bond acceptors (Lipinski definition) is 4. The first-order valence-electron chi connectivity index (χ1n) is 7.65. The quantitative estimate of drug-likeness (QED) is 0.746. The number of carbonyl (C=O) groups is 1. The van der Waals surface area contributed by atoms with Crippen LogP contribution in [0.1, 0.15) is 12.8 Å². The number of piperidine rings is 1. The van der Waals surface area contributed by atoms with E-state index >= 15 is 0 Å². The Labute approximate surface area is 136 Å². The molecule has 1 atom stereocenters. The minimum Gasteiger partial charge on any atom is -0.492 e. The highest BCUT2D eigenvalue weighted by Crippen LogP contribution is 2.17. The molecule has 2 N–H and O–H groups in total. The number of ether oxygens (including phenoxy) is 1. The SMILES string of the molecule is O=C(CN1CCC[C@H](CO)C1)NCCOc1cccc(Cl)c1. The summed E-state index contributed by atoms with van der Waals surface area (Å²) in [5.41, 5.74) is 0. The van der Waals surface area contributed by atoms with Crippen molar-refractivity contribution in [3.05, 3.63) is 29.3 Å². The van der Waals surface area contributed by atoms with Gasteiger partial charge < -0.3 is 15.2 Å². The van der Waals surface area contributed by atoms with E-state index in [1.807, 2.05) is 12.1 Å². The first-order chi connectivity index (χ1) is 10.7. The van der Waals surface area contributed by atoms with Crippen LogP contribution in [0.5, 0.6) is 5.75 Å². The molecule has 1 aliphatic heterocycles. The van der Waals surface area contributed by atoms with E-state index in [0.717, 1.165) is 25.9 Å². The topological polar surface area (TPSA) is 61.8 Å². The standard InChI is InChI=1S/C16H23ClN2O3/c17-14-4-1-5-15(9-14)22-8-6-18-16(21)11-19-7-2-3-13(10-19)12-20/h1,4-5,9,13,20H,2-3,6-8,10-12H2,(H,18,21)/t13-/m0/s1. The fraction of sp³-hybridized carbons (Fsp3) is 0.562. The van der Waals surface area contributed by atoms with Gasteiger partial charge in [-0.1, -0.05) is 17.7 Å². The number of rotatable bonds is 7. The molecular formula is C16H23ClN2O3. The molecule has 1 heterocycles. The molecule has 22 heavy (non-hydrogen) atoms. The molecule has 122 valence electrons. The van der Waals surface area contributed by atoms with Crippen molar-refractivity contribution in [2.24, 2.45) is 5.92 Å². The number of likely N-dealkylation sites (tertiary alicyclic amines) is 1. The van der Waals surface area contributed by atoms with Crippen LogP contribution in [0.4, 0.5) is 0 Å². The number of aliphatic hydroxyl groups excluding tert-OH is 1. The molecule has 2 rings (SSSR count). The minimum atomic E-state index is -0.00622. The van der Waals surface area contributed by atoms with E-state index in [1.54, 1.807) is 12.1 Å². The zero-order chi connectivity index (χ0) is 15.8. The van der Waals surface area contributed by atoms with E-state index in [2.05, 4.69) is 10.2 Å². The molecule has 5 nitrogen and oxygen atoms in total. The number of benzene rings is 1. The largest absolute Gasteiger partial charge is 0.492 e. The summed E-state index contributed by atoms with van der Waals surface area (Å²) >= 11 is 5.87. The Morgan fingerprint density at radius 3 is 3.14 bits per heavy atom. The molecule has 0 radical (unpaired) electrons. The van der Waals surface area contributed by atoms with Crippen LogP contribution in [0.25, 0.3) is 0 Å². The van der Waals surface area contributed by atoms with Crippen LogP contribution >= 0.6 is 11.6 Å². The molecule has 1 fully saturated rings. The van der Waals surface area contributed by atoms with Crippen LogP contribution in [-0.2, 0) is 4.79 Å². The molecule has 0 aromatic heterocycles. The summed E-state index contributed by atoms with van der Waals surface area (Å²) in [4.78, 5) is 14.0. The third-order valence-corrected chi connectivity index (χ3v) is 3.95. The van der Waals surface area contributed by atoms with Crippen molar-refractivity contribution in [2.45, 2.75) is 12.8 Å². The Bertz CT molecular complexity index is 484. The Kier molecular flexibility index (Phi) is 6.96. The van der Waals surface area contributed by atoms with Gasteiger partial charge in [-0.25, -0.2) is 0 Å². The van der Waals surface area contributed by atoms with Crippen LogP contribution in [0, 0.1) is 5.92 Å². The van der Waals surface area contributed by atoms with Crippen molar-refractivity contribution in [1.82, 2.24) is 10.2 Å². The van der Waals surface area contributed by atoms with Crippen molar-refractivity contribution in [2.75, 3.05) is 39.4 Å². The molecule has 0 saturated carbocycles. The lowest BCUT2D eigenvalue weighted by Gasteiger charge is -2.31. The van der Waals surface area contributed by atoms with Crippen LogP contribution in [0.2, 0.25) is 5.02 Å². The monoisotopic (exact) mass is 326 g/mol. The van der Waals surface area contributed by atoms with E-state index in [1.165, 1.54) is 0 Å². The zero-order valence-electron chi connectivity index (χ0n) is 12.6. The Morgan fingerprint density at radius 2 is 2.36 bits per heavy atom. The number of halogens is 1. The summed E-state index contributed by atoms with van der Waals surface area (Å²) in [5, 5.41) is 12.7. The zero-order valence-corrected chi connectivity index (χ0v) is 13.4. The molecule has 1 saturated heterocycles. The van der Waals surface area contributed by atoms with E-state index in [9.17, 15) is 9.90 Å². The second-order valence-electron chi connectivity index (χ2n) is 5.58. The number of nitrogens with zero attached hydrogens (tertiary/aromatic N) is 1. The average molecular weight is 327 g/mol. The number of hydrogen-bond donors (Lipinski definition) is 2. The first kappa shape index (κ1) is 17.1. The second-order valence-corrected chi connectivity index (χ2v) is 6.02. The summed E-state index contributed by atoms with van der Waals surface area (Å²) in [7, 11) is 0. The lowest BCUT2D eigenvalue weighted by atomic mass is 9.99. The van der Waals surface area contributed by atoms with Crippen LogP contribution < -0.4 is 10.1 Å². The third kappa shape index (κ3) is 5.83. The highest BCUT2D eigenvalue weighted by molar-refractivity contribution is 6.30. The highest BCUT2D eigenvalue weighted by Gasteiger charge is 2.20. The second kappa shape index (κ2) is 8.98. The van der Waals surface area contributed by atoms with E-state index in [0.29, 0.717) is 36.4 Å². The van der Waals surface area contributed by atoms with Crippen molar-refractivity contribution >= 4 is 17.5 Å². The maximum atomic E-state index is 11.9. The van der Waals surface area contributed by atoms with Crippen molar-refractivity contribution in [3.63, 3.8) is 0 Å². The smallest absolute Gasteiger partial charge is 0.234 e. The third-order valence-electron chi connectivity index (χ3n) is 3.72. The molecule has 6 heteroatoms. The molecule has 1 aromatic rings. The Morgan fingerprint density at radius 1 is 1.50 bits per heavy atom. The first-order valence-corrected chi connectivity index (χ1v) is 8.03. The van der Waals surface area contributed by atoms with Gasteiger partial charge in [-0.05, 0) is 43.5 Å². The maximum absolute atomic E-state index is 11.9. The van der Waals surface area contributed by atoms with Crippen LogP contribution in [0.15, 0.2) is 24.3 Å². The van der Waals surface area contributed by atoms with Crippen molar-refractivity contribution < 1.29 is 14.6 Å². The predicted octanol–water partition coefficient (Wildman–Crippen LogP) is 1.54. The number of aliphatic hydroxyl groups is 1. The molecule has 1 aromatic carbocycles. The van der Waals surface area contributed by atoms with E-state index in [4.69, 9.17) is 16.3 Å². The van der Waals surface area contributed by atoms with Gasteiger partial charge in [0, 0.05) is 18.2 Å². The van der Waals surface area contributed by atoms with Gasteiger partial charge in [0.1, 0.15) is 12.4 Å². The maximum Gasteiger partial charge on any atom is 0.234 e. The van der Waals surface area contributed by atoms with E-state index in [-0.39, 0.29) is 12.5 Å². The van der Waals surface area contributed by atoms with Crippen molar-refractivity contribution in [3.8, 4) is 5.75 Å². The van der Waals surface area contributed by atoms with Crippen molar-refractivity contribution in [1.29, 1.82) is 0 Å². The van der Waals surface area contributed by atoms with Gasteiger partial charge in [0.15, 0.2) is 0 Å². The molecule has 1 aliphatic rings.